The van der Waals surface area contributed by atoms with E-state index in [-0.39, 0.29) is 66.1 Å². The Kier molecular flexibility index (Phi) is 16.5. The summed E-state index contributed by atoms with van der Waals surface area (Å²) in [6.45, 7) is 8.48. The average Bonchev–Trinajstić information content (AvgIpc) is 3.93. The van der Waals surface area contributed by atoms with Crippen LogP contribution in [0.3, 0.4) is 0 Å². The fourth-order valence-electron chi connectivity index (χ4n) is 6.07. The van der Waals surface area contributed by atoms with E-state index >= 15 is 0 Å². The Bertz CT molecular complexity index is 2440. The summed E-state index contributed by atoms with van der Waals surface area (Å²) in [7, 11) is 0. The monoisotopic (exact) mass is 908 g/mol. The highest BCUT2D eigenvalue weighted by Gasteiger charge is 2.51. The molecule has 0 spiro atoms. The van der Waals surface area contributed by atoms with Crippen molar-refractivity contribution in [1.29, 1.82) is 0 Å². The van der Waals surface area contributed by atoms with Crippen molar-refractivity contribution in [2.24, 2.45) is 0 Å². The predicted molar refractivity (Wildman–Crippen MR) is 223 cm³/mol. The lowest BCUT2D eigenvalue weighted by Crippen LogP contribution is -2.36. The Morgan fingerprint density at radius 3 is 1.39 bits per heavy atom. The zero-order valence-electron chi connectivity index (χ0n) is 34.8. The molecule has 342 valence electrons. The van der Waals surface area contributed by atoms with Crippen molar-refractivity contribution < 1.29 is 90.4 Å². The highest BCUT2D eigenvalue weighted by Crippen LogP contribution is 2.32. The molecule has 0 bridgehead atoms. The second-order valence-electron chi connectivity index (χ2n) is 13.7. The summed E-state index contributed by atoms with van der Waals surface area (Å²) >= 11 is 0. The molecule has 2 aliphatic rings. The summed E-state index contributed by atoms with van der Waals surface area (Å²) < 4.78 is 64.5. The molecule has 4 aromatic rings. The van der Waals surface area contributed by atoms with E-state index in [1.807, 2.05) is 0 Å². The molecule has 0 radical (unpaired) electrons. The molecule has 0 N–H and O–H groups in total. The lowest BCUT2D eigenvalue weighted by Gasteiger charge is -2.17. The van der Waals surface area contributed by atoms with Crippen molar-refractivity contribution in [3.8, 4) is 23.0 Å². The van der Waals surface area contributed by atoms with Crippen LogP contribution in [0.25, 0.3) is 0 Å². The number of carbonyl (C=O) groups excluding carboxylic acids is 7. The molecule has 66 heavy (non-hydrogen) atoms. The van der Waals surface area contributed by atoms with Crippen LogP contribution in [0.15, 0.2) is 129 Å². The maximum absolute atomic E-state index is 13.1. The standard InChI is InChI=1S/C47H40O19/c1-4-39(48)60-25-55-22-32-21-31(13-20-36(32)59-27-62-41(50)6-3)47(54)64-35-18-11-30(12-19-35)46(53)66-38-24-57-42-37(23-56-43(38)42)65-45(52)29-9-16-34(17-10-29)63-44(51)28-7-14-33(15-8-28)58-26-61-40(49)5-2/h4-21,37-38,42-43H,1-3,22-27H2/t37-,38+,42-,43-/m1/s1. The number of ether oxygens (including phenoxy) is 12. The molecule has 2 fully saturated rings. The zero-order valence-corrected chi connectivity index (χ0v) is 34.8. The van der Waals surface area contributed by atoms with Gasteiger partial charge in [-0.25, -0.2) is 33.6 Å². The second-order valence-corrected chi connectivity index (χ2v) is 13.7. The summed E-state index contributed by atoms with van der Waals surface area (Å²) in [6, 6.07) is 21.5. The molecule has 0 saturated carbocycles. The summed E-state index contributed by atoms with van der Waals surface area (Å²) in [5.41, 5.74) is 0.935. The largest absolute Gasteiger partial charge is 0.457 e. The average molecular weight is 909 g/mol. The smallest absolute Gasteiger partial charge is 0.343 e. The van der Waals surface area contributed by atoms with Gasteiger partial charge in [0, 0.05) is 23.8 Å². The first-order valence-corrected chi connectivity index (χ1v) is 19.7. The van der Waals surface area contributed by atoms with Gasteiger partial charge in [-0.2, -0.15) is 0 Å². The predicted octanol–water partition coefficient (Wildman–Crippen LogP) is 5.01. The van der Waals surface area contributed by atoms with E-state index in [1.54, 1.807) is 0 Å². The molecule has 4 atom stereocenters. The molecular weight excluding hydrogens is 868 g/mol. The minimum atomic E-state index is -0.823. The van der Waals surface area contributed by atoms with Crippen LogP contribution in [0.4, 0.5) is 0 Å². The molecule has 19 heteroatoms. The van der Waals surface area contributed by atoms with Crippen LogP contribution >= 0.6 is 0 Å². The third kappa shape index (κ3) is 13.0. The Morgan fingerprint density at radius 2 is 0.909 bits per heavy atom. The van der Waals surface area contributed by atoms with E-state index in [2.05, 4.69) is 19.7 Å². The van der Waals surface area contributed by atoms with Gasteiger partial charge in [-0.05, 0) is 91.0 Å². The number of hydrogen-bond acceptors (Lipinski definition) is 19. The maximum Gasteiger partial charge on any atom is 0.343 e. The summed E-state index contributed by atoms with van der Waals surface area (Å²) in [5.74, 6) is -4.06. The molecule has 19 nitrogen and oxygen atoms in total. The third-order valence-corrected chi connectivity index (χ3v) is 9.35. The zero-order chi connectivity index (χ0) is 47.0. The van der Waals surface area contributed by atoms with Crippen LogP contribution in [0.1, 0.15) is 47.0 Å². The van der Waals surface area contributed by atoms with Crippen molar-refractivity contribution in [3.05, 3.63) is 157 Å². The molecule has 2 aliphatic heterocycles. The van der Waals surface area contributed by atoms with Crippen LogP contribution in [-0.4, -0.2) is 99.8 Å². The Hall–Kier alpha value is -8.13. The summed E-state index contributed by atoms with van der Waals surface area (Å²) in [6.07, 6.45) is -0.140. The number of benzene rings is 4. The molecule has 0 unspecified atom stereocenters. The van der Waals surface area contributed by atoms with Gasteiger partial charge in [0.2, 0.25) is 13.6 Å². The lowest BCUT2D eigenvalue weighted by molar-refractivity contribution is -0.151. The van der Waals surface area contributed by atoms with E-state index in [9.17, 15) is 33.6 Å². The van der Waals surface area contributed by atoms with Crippen LogP contribution < -0.4 is 18.9 Å². The van der Waals surface area contributed by atoms with Gasteiger partial charge >= 0.3 is 41.8 Å². The van der Waals surface area contributed by atoms with Crippen LogP contribution in [0, 0.1) is 0 Å². The summed E-state index contributed by atoms with van der Waals surface area (Å²) in [4.78, 5) is 85.8. The molecule has 0 aromatic heterocycles. The normalized spacial score (nSPS) is 16.8. The minimum Gasteiger partial charge on any atom is -0.457 e. The number of rotatable bonds is 21. The molecular formula is C47H40O19. The number of esters is 7. The van der Waals surface area contributed by atoms with Crippen molar-refractivity contribution in [2.75, 3.05) is 33.6 Å². The van der Waals surface area contributed by atoms with Crippen molar-refractivity contribution in [1.82, 2.24) is 0 Å². The van der Waals surface area contributed by atoms with Gasteiger partial charge in [-0.15, -0.1) is 0 Å². The molecule has 0 amide bonds. The maximum atomic E-state index is 13.1. The Balaban J connectivity index is 0.959. The molecule has 6 rings (SSSR count). The molecule has 4 aromatic carbocycles. The van der Waals surface area contributed by atoms with Gasteiger partial charge in [0.15, 0.2) is 19.0 Å². The number of hydrogen-bond donors (Lipinski definition) is 0. The quantitative estimate of drug-likeness (QED) is 0.0267. The number of fused-ring (bicyclic) bond motifs is 1. The first-order chi connectivity index (χ1) is 31.9. The lowest BCUT2D eigenvalue weighted by atomic mass is 10.1. The Morgan fingerprint density at radius 1 is 0.500 bits per heavy atom. The first-order valence-electron chi connectivity index (χ1n) is 19.7. The van der Waals surface area contributed by atoms with Gasteiger partial charge < -0.3 is 56.8 Å². The van der Waals surface area contributed by atoms with E-state index < -0.39 is 79.8 Å². The van der Waals surface area contributed by atoms with Crippen LogP contribution in [0.5, 0.6) is 23.0 Å². The van der Waals surface area contributed by atoms with E-state index in [0.717, 1.165) is 18.2 Å². The van der Waals surface area contributed by atoms with Crippen molar-refractivity contribution in [2.45, 2.75) is 31.0 Å². The second kappa shape index (κ2) is 23.0. The fourth-order valence-corrected chi connectivity index (χ4v) is 6.07. The molecule has 2 saturated heterocycles. The summed E-state index contributed by atoms with van der Waals surface area (Å²) in [5, 5.41) is 0. The van der Waals surface area contributed by atoms with E-state index in [0.29, 0.717) is 11.3 Å². The van der Waals surface area contributed by atoms with Crippen molar-refractivity contribution in [3.63, 3.8) is 0 Å². The topological polar surface area (TPSA) is 230 Å². The highest BCUT2D eigenvalue weighted by molar-refractivity contribution is 5.93. The van der Waals surface area contributed by atoms with Gasteiger partial charge in [-0.3, -0.25) is 0 Å². The van der Waals surface area contributed by atoms with Gasteiger partial charge in [0.1, 0.15) is 35.2 Å². The highest BCUT2D eigenvalue weighted by atomic mass is 16.7. The van der Waals surface area contributed by atoms with Gasteiger partial charge in [0.25, 0.3) is 0 Å². The van der Waals surface area contributed by atoms with Crippen molar-refractivity contribution >= 4 is 41.8 Å². The van der Waals surface area contributed by atoms with Gasteiger partial charge in [0.05, 0.1) is 42.1 Å². The first kappa shape index (κ1) is 47.4. The third-order valence-electron chi connectivity index (χ3n) is 9.35. The van der Waals surface area contributed by atoms with E-state index in [1.165, 1.54) is 91.0 Å². The number of carbonyl (C=O) groups is 7. The minimum absolute atomic E-state index is 0.0186. The molecule has 2 heterocycles. The SMILES string of the molecule is C=CC(=O)OCOCc1cc(C(=O)Oc2ccc(C(=O)O[C@H]3CO[C@H]4[C@@H]3OC[C@H]4OC(=O)c3ccc(OC(=O)c4ccc(OCOC(=O)C=C)cc4)cc3)cc2)ccc1OCOC(=O)C=C. The molecule has 0 aliphatic carbocycles. The Labute approximate surface area is 375 Å². The van der Waals surface area contributed by atoms with Crippen LogP contribution in [0.2, 0.25) is 0 Å². The fraction of sp³-hybridized carbons (Fsp3) is 0.213. The van der Waals surface area contributed by atoms with E-state index in [4.69, 9.17) is 56.8 Å². The van der Waals surface area contributed by atoms with Crippen LogP contribution in [-0.2, 0) is 58.9 Å². The van der Waals surface area contributed by atoms with Gasteiger partial charge in [-0.1, -0.05) is 19.7 Å².